The lowest BCUT2D eigenvalue weighted by atomic mass is 10.1. The fourth-order valence-electron chi connectivity index (χ4n) is 2.20. The van der Waals surface area contributed by atoms with Gasteiger partial charge in [-0.3, -0.25) is 9.78 Å². The van der Waals surface area contributed by atoms with E-state index < -0.39 is 11.7 Å². The number of hydrogen-bond acceptors (Lipinski definition) is 3. The molecule has 1 aromatic carbocycles. The van der Waals surface area contributed by atoms with E-state index in [1.54, 1.807) is 13.0 Å². The molecule has 110 valence electrons. The standard InChI is InChI=1S/C16H17FN2O2/c1-9-7-10(2)18-11(3)15(9)19-16(20)13-6-5-12(21-4)8-14(13)17/h5-8H,1-4H3,(H,19,20). The highest BCUT2D eigenvalue weighted by Gasteiger charge is 2.15. The van der Waals surface area contributed by atoms with E-state index in [0.717, 1.165) is 11.3 Å². The molecule has 1 aromatic heterocycles. The minimum atomic E-state index is -0.623. The number of nitrogens with one attached hydrogen (secondary N) is 1. The van der Waals surface area contributed by atoms with Crippen molar-refractivity contribution in [2.24, 2.45) is 0 Å². The third-order valence-electron chi connectivity index (χ3n) is 3.19. The van der Waals surface area contributed by atoms with Gasteiger partial charge in [-0.25, -0.2) is 4.39 Å². The number of hydrogen-bond donors (Lipinski definition) is 1. The van der Waals surface area contributed by atoms with Crippen LogP contribution in [0.3, 0.4) is 0 Å². The van der Waals surface area contributed by atoms with Crippen LogP contribution in [0.4, 0.5) is 10.1 Å². The first kappa shape index (κ1) is 15.0. The first-order valence-electron chi connectivity index (χ1n) is 6.52. The monoisotopic (exact) mass is 288 g/mol. The van der Waals surface area contributed by atoms with Gasteiger partial charge in [0.25, 0.3) is 5.91 Å². The van der Waals surface area contributed by atoms with Crippen LogP contribution >= 0.6 is 0 Å². The molecule has 5 heteroatoms. The number of aromatic nitrogens is 1. The Hall–Kier alpha value is -2.43. The molecule has 0 bridgehead atoms. The van der Waals surface area contributed by atoms with E-state index in [-0.39, 0.29) is 5.56 Å². The normalized spacial score (nSPS) is 10.3. The van der Waals surface area contributed by atoms with E-state index in [0.29, 0.717) is 17.1 Å². The van der Waals surface area contributed by atoms with Gasteiger partial charge in [-0.1, -0.05) is 0 Å². The molecule has 0 aliphatic carbocycles. The molecule has 4 nitrogen and oxygen atoms in total. The van der Waals surface area contributed by atoms with E-state index >= 15 is 0 Å². The summed E-state index contributed by atoms with van der Waals surface area (Å²) in [5, 5.41) is 2.72. The maximum absolute atomic E-state index is 13.9. The second-order valence-electron chi connectivity index (χ2n) is 4.84. The Morgan fingerprint density at radius 1 is 1.24 bits per heavy atom. The Bertz CT molecular complexity index is 676. The van der Waals surface area contributed by atoms with E-state index in [9.17, 15) is 9.18 Å². The number of amides is 1. The number of carbonyl (C=O) groups is 1. The molecule has 0 unspecified atom stereocenters. The lowest BCUT2D eigenvalue weighted by molar-refractivity contribution is 0.102. The van der Waals surface area contributed by atoms with Crippen LogP contribution in [0, 0.1) is 26.6 Å². The van der Waals surface area contributed by atoms with Gasteiger partial charge in [0.15, 0.2) is 0 Å². The molecular weight excluding hydrogens is 271 g/mol. The van der Waals surface area contributed by atoms with Crippen LogP contribution in [-0.2, 0) is 0 Å². The summed E-state index contributed by atoms with van der Waals surface area (Å²) in [7, 11) is 1.44. The van der Waals surface area contributed by atoms with Gasteiger partial charge in [-0.2, -0.15) is 0 Å². The molecule has 1 amide bonds. The Morgan fingerprint density at radius 2 is 1.95 bits per heavy atom. The van der Waals surface area contributed by atoms with Crippen molar-refractivity contribution in [1.82, 2.24) is 4.98 Å². The van der Waals surface area contributed by atoms with Crippen molar-refractivity contribution < 1.29 is 13.9 Å². The predicted molar refractivity (Wildman–Crippen MR) is 79.4 cm³/mol. The van der Waals surface area contributed by atoms with Gasteiger partial charge in [0.05, 0.1) is 24.1 Å². The molecule has 2 rings (SSSR count). The number of rotatable bonds is 3. The van der Waals surface area contributed by atoms with Gasteiger partial charge in [0, 0.05) is 11.8 Å². The molecule has 0 radical (unpaired) electrons. The van der Waals surface area contributed by atoms with Gasteiger partial charge >= 0.3 is 0 Å². The fraction of sp³-hybridized carbons (Fsp3) is 0.250. The van der Waals surface area contributed by atoms with Gasteiger partial charge < -0.3 is 10.1 Å². The summed E-state index contributed by atoms with van der Waals surface area (Å²) in [6.45, 7) is 5.57. The number of pyridine rings is 1. The van der Waals surface area contributed by atoms with Crippen molar-refractivity contribution in [2.45, 2.75) is 20.8 Å². The third-order valence-corrected chi connectivity index (χ3v) is 3.19. The number of anilines is 1. The van der Waals surface area contributed by atoms with Gasteiger partial charge in [-0.05, 0) is 44.5 Å². The molecule has 0 aliphatic heterocycles. The molecule has 2 aromatic rings. The predicted octanol–water partition coefficient (Wildman–Crippen LogP) is 3.41. The highest BCUT2D eigenvalue weighted by molar-refractivity contribution is 6.05. The van der Waals surface area contributed by atoms with E-state index in [1.165, 1.54) is 19.2 Å². The van der Waals surface area contributed by atoms with Crippen LogP contribution < -0.4 is 10.1 Å². The maximum atomic E-state index is 13.9. The van der Waals surface area contributed by atoms with Crippen molar-refractivity contribution in [3.63, 3.8) is 0 Å². The summed E-state index contributed by atoms with van der Waals surface area (Å²) in [5.41, 5.74) is 3.05. The van der Waals surface area contributed by atoms with Gasteiger partial charge in [0.2, 0.25) is 0 Å². The Labute approximate surface area is 123 Å². The molecule has 0 spiro atoms. The second kappa shape index (κ2) is 5.91. The van der Waals surface area contributed by atoms with Crippen molar-refractivity contribution in [2.75, 3.05) is 12.4 Å². The largest absolute Gasteiger partial charge is 0.497 e. The number of carbonyl (C=O) groups excluding carboxylic acids is 1. The lowest BCUT2D eigenvalue weighted by Gasteiger charge is -2.12. The SMILES string of the molecule is COc1ccc(C(=O)Nc2c(C)cc(C)nc2C)c(F)c1. The second-order valence-corrected chi connectivity index (χ2v) is 4.84. The molecule has 0 saturated heterocycles. The summed E-state index contributed by atoms with van der Waals surface area (Å²) in [4.78, 5) is 16.5. The summed E-state index contributed by atoms with van der Waals surface area (Å²) < 4.78 is 18.8. The summed E-state index contributed by atoms with van der Waals surface area (Å²) in [6, 6.07) is 6.00. The van der Waals surface area contributed by atoms with Crippen LogP contribution in [0.15, 0.2) is 24.3 Å². The highest BCUT2D eigenvalue weighted by atomic mass is 19.1. The molecule has 0 fully saturated rings. The van der Waals surface area contributed by atoms with Crippen LogP contribution in [0.25, 0.3) is 0 Å². The molecule has 21 heavy (non-hydrogen) atoms. The van der Waals surface area contributed by atoms with E-state index in [4.69, 9.17) is 4.74 Å². The van der Waals surface area contributed by atoms with Crippen molar-refractivity contribution in [1.29, 1.82) is 0 Å². The zero-order chi connectivity index (χ0) is 15.6. The summed E-state index contributed by atoms with van der Waals surface area (Å²) >= 11 is 0. The molecule has 0 atom stereocenters. The lowest BCUT2D eigenvalue weighted by Crippen LogP contribution is -2.16. The van der Waals surface area contributed by atoms with Crippen molar-refractivity contribution >= 4 is 11.6 Å². The molecule has 0 saturated carbocycles. The molecule has 1 N–H and O–H groups in total. The Kier molecular flexibility index (Phi) is 4.21. The smallest absolute Gasteiger partial charge is 0.258 e. The average molecular weight is 288 g/mol. The zero-order valence-electron chi connectivity index (χ0n) is 12.5. The zero-order valence-corrected chi connectivity index (χ0v) is 12.5. The number of halogens is 1. The van der Waals surface area contributed by atoms with Crippen LogP contribution in [-0.4, -0.2) is 18.0 Å². The highest BCUT2D eigenvalue weighted by Crippen LogP contribution is 2.22. The third kappa shape index (κ3) is 3.18. The molecule has 0 aliphatic rings. The minimum Gasteiger partial charge on any atom is -0.497 e. The first-order chi connectivity index (χ1) is 9.92. The first-order valence-corrected chi connectivity index (χ1v) is 6.52. The number of benzene rings is 1. The molecule has 1 heterocycles. The van der Waals surface area contributed by atoms with Crippen molar-refractivity contribution in [3.8, 4) is 5.75 Å². The van der Waals surface area contributed by atoms with Crippen LogP contribution in [0.2, 0.25) is 0 Å². The van der Waals surface area contributed by atoms with Crippen LogP contribution in [0.1, 0.15) is 27.3 Å². The Balaban J connectivity index is 2.30. The van der Waals surface area contributed by atoms with E-state index in [1.807, 2.05) is 19.9 Å². The number of aryl methyl sites for hydroxylation is 3. The maximum Gasteiger partial charge on any atom is 0.258 e. The average Bonchev–Trinajstić information content (AvgIpc) is 2.42. The number of methoxy groups -OCH3 is 1. The summed E-state index contributed by atoms with van der Waals surface area (Å²) in [5.74, 6) is -0.761. The quantitative estimate of drug-likeness (QED) is 0.941. The summed E-state index contributed by atoms with van der Waals surface area (Å²) in [6.07, 6.45) is 0. The number of ether oxygens (including phenoxy) is 1. The topological polar surface area (TPSA) is 51.2 Å². The minimum absolute atomic E-state index is 0.0322. The van der Waals surface area contributed by atoms with Crippen LogP contribution in [0.5, 0.6) is 5.75 Å². The van der Waals surface area contributed by atoms with Gasteiger partial charge in [0.1, 0.15) is 11.6 Å². The van der Waals surface area contributed by atoms with E-state index in [2.05, 4.69) is 10.3 Å². The number of nitrogens with zero attached hydrogens (tertiary/aromatic N) is 1. The molecular formula is C16H17FN2O2. The van der Waals surface area contributed by atoms with Gasteiger partial charge in [-0.15, -0.1) is 0 Å². The fourth-order valence-corrected chi connectivity index (χ4v) is 2.20. The van der Waals surface area contributed by atoms with Crippen molar-refractivity contribution in [3.05, 3.63) is 52.6 Å². The Morgan fingerprint density at radius 3 is 2.52 bits per heavy atom.